The molecule has 0 fully saturated rings. The van der Waals surface area contributed by atoms with E-state index in [1.807, 2.05) is 24.4 Å². The van der Waals surface area contributed by atoms with Crippen LogP contribution in [0.5, 0.6) is 0 Å². The molecule has 0 saturated carbocycles. The number of hydrogen-bond acceptors (Lipinski definition) is 2. The lowest BCUT2D eigenvalue weighted by Gasteiger charge is -1.99. The van der Waals surface area contributed by atoms with Gasteiger partial charge in [-0.25, -0.2) is 0 Å². The predicted molar refractivity (Wildman–Crippen MR) is 60.2 cm³/mol. The first-order valence-electron chi connectivity index (χ1n) is 5.12. The highest BCUT2D eigenvalue weighted by Crippen LogP contribution is 2.21. The molecule has 0 bridgehead atoms. The quantitative estimate of drug-likeness (QED) is 0.732. The van der Waals surface area contributed by atoms with Gasteiger partial charge in [-0.15, -0.1) is 0 Å². The lowest BCUT2D eigenvalue weighted by Crippen LogP contribution is -1.96. The van der Waals surface area contributed by atoms with E-state index in [1.54, 1.807) is 0 Å². The molecular formula is C12H13NO3. The fourth-order valence-corrected chi connectivity index (χ4v) is 1.77. The molecule has 0 spiro atoms. The van der Waals surface area contributed by atoms with Crippen LogP contribution in [0, 0.1) is 0 Å². The zero-order chi connectivity index (χ0) is 11.5. The Hall–Kier alpha value is -1.81. The van der Waals surface area contributed by atoms with E-state index < -0.39 is 5.97 Å². The fraction of sp³-hybridized carbons (Fsp3) is 0.250. The highest BCUT2D eigenvalue weighted by atomic mass is 16.4. The Morgan fingerprint density at radius 3 is 2.88 bits per heavy atom. The second-order valence-corrected chi connectivity index (χ2v) is 3.75. The van der Waals surface area contributed by atoms with Crippen LogP contribution < -0.4 is 0 Å². The van der Waals surface area contributed by atoms with Crippen LogP contribution in [0.1, 0.15) is 17.5 Å². The summed E-state index contributed by atoms with van der Waals surface area (Å²) in [6.07, 6.45) is 2.45. The average molecular weight is 219 g/mol. The van der Waals surface area contributed by atoms with E-state index in [2.05, 4.69) is 4.98 Å². The van der Waals surface area contributed by atoms with E-state index in [0.29, 0.717) is 6.42 Å². The molecule has 4 heteroatoms. The third-order valence-electron chi connectivity index (χ3n) is 2.62. The summed E-state index contributed by atoms with van der Waals surface area (Å²) in [6.45, 7) is -0.000505. The highest BCUT2D eigenvalue weighted by Gasteiger charge is 2.06. The minimum Gasteiger partial charge on any atom is -0.481 e. The number of aliphatic hydroxyl groups excluding tert-OH is 1. The van der Waals surface area contributed by atoms with Crippen LogP contribution in [-0.4, -0.2) is 21.2 Å². The minimum absolute atomic E-state index is 0.000505. The van der Waals surface area contributed by atoms with Gasteiger partial charge < -0.3 is 15.2 Å². The van der Waals surface area contributed by atoms with E-state index in [0.717, 1.165) is 22.0 Å². The SMILES string of the molecule is O=C(O)CCc1c[nH]c2ccc(CO)cc12. The highest BCUT2D eigenvalue weighted by molar-refractivity contribution is 5.84. The van der Waals surface area contributed by atoms with Gasteiger partial charge in [0.1, 0.15) is 0 Å². The van der Waals surface area contributed by atoms with Crippen molar-refractivity contribution in [2.45, 2.75) is 19.4 Å². The van der Waals surface area contributed by atoms with Gasteiger partial charge in [-0.1, -0.05) is 6.07 Å². The Morgan fingerprint density at radius 1 is 1.38 bits per heavy atom. The number of carboxylic acids is 1. The largest absolute Gasteiger partial charge is 0.481 e. The molecule has 0 aliphatic carbocycles. The number of H-pyrrole nitrogens is 1. The van der Waals surface area contributed by atoms with Crippen molar-refractivity contribution in [1.82, 2.24) is 4.98 Å². The maximum Gasteiger partial charge on any atom is 0.303 e. The second-order valence-electron chi connectivity index (χ2n) is 3.75. The monoisotopic (exact) mass is 219 g/mol. The summed E-state index contributed by atoms with van der Waals surface area (Å²) in [6, 6.07) is 5.63. The smallest absolute Gasteiger partial charge is 0.303 e. The van der Waals surface area contributed by atoms with E-state index >= 15 is 0 Å². The number of hydrogen-bond donors (Lipinski definition) is 3. The van der Waals surface area contributed by atoms with E-state index in [-0.39, 0.29) is 13.0 Å². The predicted octanol–water partition coefficient (Wildman–Crippen LogP) is 1.68. The normalized spacial score (nSPS) is 10.8. The Balaban J connectivity index is 2.34. The van der Waals surface area contributed by atoms with Crippen molar-refractivity contribution >= 4 is 16.9 Å². The molecule has 0 amide bonds. The molecule has 84 valence electrons. The number of carboxylic acid groups (broad SMARTS) is 1. The molecule has 0 unspecified atom stereocenters. The molecule has 0 aliphatic heterocycles. The molecule has 0 aliphatic rings. The van der Waals surface area contributed by atoms with Gasteiger partial charge in [-0.3, -0.25) is 4.79 Å². The lowest BCUT2D eigenvalue weighted by atomic mass is 10.1. The fourth-order valence-electron chi connectivity index (χ4n) is 1.77. The standard InChI is InChI=1S/C12H13NO3/c14-7-8-1-3-11-10(5-8)9(6-13-11)2-4-12(15)16/h1,3,5-6,13-14H,2,4,7H2,(H,15,16). The topological polar surface area (TPSA) is 73.3 Å². The summed E-state index contributed by atoms with van der Waals surface area (Å²) >= 11 is 0. The number of rotatable bonds is 4. The van der Waals surface area contributed by atoms with Crippen molar-refractivity contribution in [1.29, 1.82) is 0 Å². The minimum atomic E-state index is -0.798. The maximum absolute atomic E-state index is 10.5. The van der Waals surface area contributed by atoms with Crippen molar-refractivity contribution < 1.29 is 15.0 Å². The maximum atomic E-state index is 10.5. The second kappa shape index (κ2) is 4.37. The average Bonchev–Trinajstić information content (AvgIpc) is 2.68. The van der Waals surface area contributed by atoms with Gasteiger partial charge in [-0.2, -0.15) is 0 Å². The summed E-state index contributed by atoms with van der Waals surface area (Å²) < 4.78 is 0. The molecule has 1 aromatic carbocycles. The summed E-state index contributed by atoms with van der Waals surface area (Å²) in [7, 11) is 0. The molecule has 2 rings (SSSR count). The van der Waals surface area contributed by atoms with Gasteiger partial charge in [0.15, 0.2) is 0 Å². The van der Waals surface area contributed by atoms with E-state index in [9.17, 15) is 4.79 Å². The van der Waals surface area contributed by atoms with Crippen LogP contribution >= 0.6 is 0 Å². The lowest BCUT2D eigenvalue weighted by molar-refractivity contribution is -0.136. The molecule has 16 heavy (non-hydrogen) atoms. The van der Waals surface area contributed by atoms with E-state index in [4.69, 9.17) is 10.2 Å². The van der Waals surface area contributed by atoms with Gasteiger partial charge in [0.05, 0.1) is 6.61 Å². The Labute approximate surface area is 92.5 Å². The van der Waals surface area contributed by atoms with Gasteiger partial charge >= 0.3 is 5.97 Å². The van der Waals surface area contributed by atoms with Gasteiger partial charge in [0.2, 0.25) is 0 Å². The molecule has 0 saturated heterocycles. The molecule has 1 aromatic heterocycles. The number of benzene rings is 1. The first-order valence-corrected chi connectivity index (χ1v) is 5.12. The van der Waals surface area contributed by atoms with Gasteiger partial charge in [0.25, 0.3) is 0 Å². The Kier molecular flexibility index (Phi) is 2.92. The molecule has 1 heterocycles. The third-order valence-corrected chi connectivity index (χ3v) is 2.62. The third kappa shape index (κ3) is 2.06. The number of aryl methyl sites for hydroxylation is 1. The molecule has 2 aromatic rings. The zero-order valence-corrected chi connectivity index (χ0v) is 8.73. The van der Waals surface area contributed by atoms with Crippen molar-refractivity contribution in [3.05, 3.63) is 35.5 Å². The Bertz CT molecular complexity index is 516. The van der Waals surface area contributed by atoms with Crippen LogP contribution in [0.25, 0.3) is 10.9 Å². The van der Waals surface area contributed by atoms with Gasteiger partial charge in [0, 0.05) is 23.5 Å². The van der Waals surface area contributed by atoms with Crippen LogP contribution in [-0.2, 0) is 17.8 Å². The van der Waals surface area contributed by atoms with Crippen molar-refractivity contribution in [2.24, 2.45) is 0 Å². The number of aromatic nitrogens is 1. The molecule has 0 radical (unpaired) electrons. The summed E-state index contributed by atoms with van der Waals surface area (Å²) in [5, 5.41) is 18.7. The van der Waals surface area contributed by atoms with Gasteiger partial charge in [-0.05, 0) is 29.7 Å². The summed E-state index contributed by atoms with van der Waals surface area (Å²) in [5.74, 6) is -0.798. The number of aliphatic carboxylic acids is 1. The van der Waals surface area contributed by atoms with Crippen molar-refractivity contribution in [3.8, 4) is 0 Å². The molecule has 0 atom stereocenters. The first-order chi connectivity index (χ1) is 7.70. The Morgan fingerprint density at radius 2 is 2.19 bits per heavy atom. The molecular weight excluding hydrogens is 206 g/mol. The number of aliphatic hydroxyl groups is 1. The first kappa shape index (κ1) is 10.7. The van der Waals surface area contributed by atoms with Crippen LogP contribution in [0.3, 0.4) is 0 Å². The van der Waals surface area contributed by atoms with Crippen molar-refractivity contribution in [3.63, 3.8) is 0 Å². The summed E-state index contributed by atoms with van der Waals surface area (Å²) in [5.41, 5.74) is 2.79. The van der Waals surface area contributed by atoms with Crippen LogP contribution in [0.4, 0.5) is 0 Å². The number of nitrogens with one attached hydrogen (secondary N) is 1. The van der Waals surface area contributed by atoms with Crippen LogP contribution in [0.2, 0.25) is 0 Å². The van der Waals surface area contributed by atoms with Crippen LogP contribution in [0.15, 0.2) is 24.4 Å². The molecule has 3 N–H and O–H groups in total. The van der Waals surface area contributed by atoms with Crippen molar-refractivity contribution in [2.75, 3.05) is 0 Å². The van der Waals surface area contributed by atoms with E-state index in [1.165, 1.54) is 0 Å². The number of carbonyl (C=O) groups is 1. The summed E-state index contributed by atoms with van der Waals surface area (Å²) in [4.78, 5) is 13.6. The number of aromatic amines is 1. The number of fused-ring (bicyclic) bond motifs is 1. The zero-order valence-electron chi connectivity index (χ0n) is 8.73. The molecule has 4 nitrogen and oxygen atoms in total.